The smallest absolute Gasteiger partial charge is 0.254 e. The lowest BCUT2D eigenvalue weighted by Gasteiger charge is -2.24. The molecule has 35 heavy (non-hydrogen) atoms. The molecule has 0 fully saturated rings. The Morgan fingerprint density at radius 3 is 1.80 bits per heavy atom. The van der Waals surface area contributed by atoms with Crippen LogP contribution in [0.1, 0.15) is 27.0 Å². The predicted molar refractivity (Wildman–Crippen MR) is 137 cm³/mol. The summed E-state index contributed by atoms with van der Waals surface area (Å²) in [6, 6.07) is 32.9. The van der Waals surface area contributed by atoms with Crippen LogP contribution in [-0.4, -0.2) is 25.0 Å². The molecule has 0 N–H and O–H groups in total. The third-order valence-electron chi connectivity index (χ3n) is 5.70. The molecule has 0 saturated heterocycles. The molecule has 5 nitrogen and oxygen atoms in total. The van der Waals surface area contributed by atoms with Crippen LogP contribution in [0.25, 0.3) is 0 Å². The summed E-state index contributed by atoms with van der Waals surface area (Å²) in [6.45, 7) is 1.30. The van der Waals surface area contributed by atoms with Gasteiger partial charge in [-0.3, -0.25) is 4.79 Å². The molecule has 5 heteroatoms. The highest BCUT2D eigenvalue weighted by Crippen LogP contribution is 2.25. The van der Waals surface area contributed by atoms with E-state index in [2.05, 4.69) is 0 Å². The number of benzene rings is 4. The average Bonchev–Trinajstić information content (AvgIpc) is 2.92. The number of carbonyl (C=O) groups is 1. The van der Waals surface area contributed by atoms with Crippen molar-refractivity contribution in [1.82, 2.24) is 4.90 Å². The topological polar surface area (TPSA) is 48.0 Å². The molecule has 0 unspecified atom stereocenters. The lowest BCUT2D eigenvalue weighted by molar-refractivity contribution is 0.0729. The summed E-state index contributed by atoms with van der Waals surface area (Å²) < 4.78 is 16.7. The zero-order chi connectivity index (χ0) is 24.5. The van der Waals surface area contributed by atoms with Crippen LogP contribution in [0.4, 0.5) is 0 Å². The Balaban J connectivity index is 1.56. The first kappa shape index (κ1) is 23.9. The fourth-order valence-electron chi connectivity index (χ4n) is 3.85. The Kier molecular flexibility index (Phi) is 8.02. The number of hydrogen-bond donors (Lipinski definition) is 0. The predicted octanol–water partition coefficient (Wildman–Crippen LogP) is 6.13. The van der Waals surface area contributed by atoms with E-state index in [-0.39, 0.29) is 12.5 Å². The van der Waals surface area contributed by atoms with E-state index >= 15 is 0 Å². The van der Waals surface area contributed by atoms with Crippen LogP contribution >= 0.6 is 0 Å². The maximum atomic E-state index is 13.7. The van der Waals surface area contributed by atoms with Crippen molar-refractivity contribution in [3.63, 3.8) is 0 Å². The van der Waals surface area contributed by atoms with Gasteiger partial charge < -0.3 is 19.1 Å². The molecular formula is C30H29NO4. The molecule has 0 aliphatic carbocycles. The summed E-state index contributed by atoms with van der Waals surface area (Å²) in [7, 11) is 3.24. The minimum absolute atomic E-state index is 0.0499. The highest BCUT2D eigenvalue weighted by atomic mass is 16.5. The number of ether oxygens (including phenoxy) is 3. The number of carbonyl (C=O) groups excluding carboxylic acids is 1. The average molecular weight is 468 g/mol. The molecule has 0 bridgehead atoms. The highest BCUT2D eigenvalue weighted by Gasteiger charge is 2.19. The summed E-state index contributed by atoms with van der Waals surface area (Å²) in [4.78, 5) is 15.5. The minimum atomic E-state index is -0.0499. The van der Waals surface area contributed by atoms with Crippen molar-refractivity contribution in [2.75, 3.05) is 14.2 Å². The molecule has 4 aromatic rings. The van der Waals surface area contributed by atoms with E-state index in [0.717, 1.165) is 22.4 Å². The van der Waals surface area contributed by atoms with Gasteiger partial charge in [0, 0.05) is 24.2 Å². The molecule has 0 atom stereocenters. The van der Waals surface area contributed by atoms with E-state index in [0.29, 0.717) is 30.2 Å². The van der Waals surface area contributed by atoms with Crippen LogP contribution in [0.3, 0.4) is 0 Å². The maximum Gasteiger partial charge on any atom is 0.254 e. The first-order chi connectivity index (χ1) is 17.2. The van der Waals surface area contributed by atoms with Crippen LogP contribution < -0.4 is 14.2 Å². The van der Waals surface area contributed by atoms with Crippen LogP contribution in [0.15, 0.2) is 103 Å². The van der Waals surface area contributed by atoms with Gasteiger partial charge in [0.2, 0.25) is 0 Å². The van der Waals surface area contributed by atoms with Gasteiger partial charge in [-0.05, 0) is 53.6 Å². The lowest BCUT2D eigenvalue weighted by Crippen LogP contribution is -2.30. The molecule has 0 aromatic heterocycles. The van der Waals surface area contributed by atoms with Crippen molar-refractivity contribution < 1.29 is 19.0 Å². The van der Waals surface area contributed by atoms with E-state index in [1.165, 1.54) is 0 Å². The van der Waals surface area contributed by atoms with Gasteiger partial charge in [-0.25, -0.2) is 0 Å². The molecule has 0 radical (unpaired) electrons. The van der Waals surface area contributed by atoms with Crippen molar-refractivity contribution in [3.05, 3.63) is 125 Å². The van der Waals surface area contributed by atoms with E-state index in [1.807, 2.05) is 102 Å². The van der Waals surface area contributed by atoms with Crippen molar-refractivity contribution in [1.29, 1.82) is 0 Å². The van der Waals surface area contributed by atoms with Crippen LogP contribution in [-0.2, 0) is 19.7 Å². The SMILES string of the molecule is COc1ccc(OCc2cc(C(=O)N(Cc3ccccc3)Cc3ccccc3)ccc2OC)cc1. The standard InChI is InChI=1S/C30H29NO4/c1-33-27-14-16-28(17-15-27)35-22-26-19-25(13-18-29(26)34-2)30(32)31(20-23-9-5-3-6-10-23)21-24-11-7-4-8-12-24/h3-19H,20-22H2,1-2H3. The zero-order valence-corrected chi connectivity index (χ0v) is 20.0. The second kappa shape index (κ2) is 11.7. The molecule has 4 rings (SSSR count). The normalized spacial score (nSPS) is 10.5. The number of nitrogens with zero attached hydrogens (tertiary/aromatic N) is 1. The van der Waals surface area contributed by atoms with Crippen LogP contribution in [0.2, 0.25) is 0 Å². The Hall–Kier alpha value is -4.25. The Labute approximate surface area is 206 Å². The van der Waals surface area contributed by atoms with Gasteiger partial charge in [-0.1, -0.05) is 60.7 Å². The molecule has 0 heterocycles. The van der Waals surface area contributed by atoms with Crippen molar-refractivity contribution >= 4 is 5.91 Å². The first-order valence-electron chi connectivity index (χ1n) is 11.5. The largest absolute Gasteiger partial charge is 0.497 e. The van der Waals surface area contributed by atoms with E-state index < -0.39 is 0 Å². The van der Waals surface area contributed by atoms with Gasteiger partial charge in [0.1, 0.15) is 23.9 Å². The maximum absolute atomic E-state index is 13.7. The molecule has 178 valence electrons. The molecule has 0 saturated carbocycles. The van der Waals surface area contributed by atoms with Gasteiger partial charge in [0.05, 0.1) is 14.2 Å². The van der Waals surface area contributed by atoms with Gasteiger partial charge in [0.25, 0.3) is 5.91 Å². The summed E-state index contributed by atoms with van der Waals surface area (Å²) in [6.07, 6.45) is 0. The third kappa shape index (κ3) is 6.42. The minimum Gasteiger partial charge on any atom is -0.497 e. The monoisotopic (exact) mass is 467 g/mol. The number of rotatable bonds is 10. The van der Waals surface area contributed by atoms with E-state index in [9.17, 15) is 4.79 Å². The van der Waals surface area contributed by atoms with E-state index in [1.54, 1.807) is 20.3 Å². The molecular weight excluding hydrogens is 438 g/mol. The zero-order valence-electron chi connectivity index (χ0n) is 20.0. The molecule has 1 amide bonds. The number of methoxy groups -OCH3 is 2. The van der Waals surface area contributed by atoms with Crippen LogP contribution in [0, 0.1) is 0 Å². The quantitative estimate of drug-likeness (QED) is 0.282. The van der Waals surface area contributed by atoms with E-state index in [4.69, 9.17) is 14.2 Å². The summed E-state index contributed by atoms with van der Waals surface area (Å²) >= 11 is 0. The third-order valence-corrected chi connectivity index (χ3v) is 5.70. The molecule has 4 aromatic carbocycles. The molecule has 0 spiro atoms. The Morgan fingerprint density at radius 1 is 0.686 bits per heavy atom. The van der Waals surface area contributed by atoms with Crippen LogP contribution in [0.5, 0.6) is 17.2 Å². The van der Waals surface area contributed by atoms with Crippen molar-refractivity contribution in [2.45, 2.75) is 19.7 Å². The van der Waals surface area contributed by atoms with Gasteiger partial charge in [-0.15, -0.1) is 0 Å². The lowest BCUT2D eigenvalue weighted by atomic mass is 10.1. The van der Waals surface area contributed by atoms with Gasteiger partial charge in [0.15, 0.2) is 0 Å². The summed E-state index contributed by atoms with van der Waals surface area (Å²) in [5, 5.41) is 0. The van der Waals surface area contributed by atoms with Gasteiger partial charge >= 0.3 is 0 Å². The second-order valence-corrected chi connectivity index (χ2v) is 8.12. The number of amides is 1. The fraction of sp³-hybridized carbons (Fsp3) is 0.167. The summed E-state index contributed by atoms with van der Waals surface area (Å²) in [5.41, 5.74) is 3.54. The Morgan fingerprint density at radius 2 is 1.26 bits per heavy atom. The molecule has 0 aliphatic rings. The first-order valence-corrected chi connectivity index (χ1v) is 11.5. The highest BCUT2D eigenvalue weighted by molar-refractivity contribution is 5.94. The number of hydrogen-bond acceptors (Lipinski definition) is 4. The fourth-order valence-corrected chi connectivity index (χ4v) is 3.85. The van der Waals surface area contributed by atoms with Gasteiger partial charge in [-0.2, -0.15) is 0 Å². The molecule has 0 aliphatic heterocycles. The van der Waals surface area contributed by atoms with Crippen molar-refractivity contribution in [3.8, 4) is 17.2 Å². The summed E-state index contributed by atoms with van der Waals surface area (Å²) in [5.74, 6) is 2.09. The van der Waals surface area contributed by atoms with Crippen molar-refractivity contribution in [2.24, 2.45) is 0 Å². The second-order valence-electron chi connectivity index (χ2n) is 8.12. The Bertz CT molecular complexity index is 1180.